The largest absolute Gasteiger partial charge is 0.473 e. The lowest BCUT2D eigenvalue weighted by Crippen LogP contribution is -2.23. The molecule has 4 nitrogen and oxygen atoms in total. The van der Waals surface area contributed by atoms with Gasteiger partial charge in [0.25, 0.3) is 0 Å². The maximum atomic E-state index is 5.67. The third kappa shape index (κ3) is 2.52. The topological polar surface area (TPSA) is 38.3 Å². The van der Waals surface area contributed by atoms with Crippen molar-refractivity contribution in [2.45, 2.75) is 32.3 Å². The van der Waals surface area contributed by atoms with E-state index in [1.54, 1.807) is 0 Å². The minimum atomic E-state index is 0.152. The molecule has 0 fully saturated rings. The number of rotatable bonds is 3. The first-order valence-corrected chi connectivity index (χ1v) is 6.26. The smallest absolute Gasteiger partial charge is 0.249 e. The van der Waals surface area contributed by atoms with Crippen molar-refractivity contribution in [2.75, 3.05) is 13.6 Å². The highest BCUT2D eigenvalue weighted by Crippen LogP contribution is 2.30. The summed E-state index contributed by atoms with van der Waals surface area (Å²) >= 11 is 1.24. The van der Waals surface area contributed by atoms with E-state index in [0.29, 0.717) is 11.8 Å². The van der Waals surface area contributed by atoms with Crippen LogP contribution in [0.5, 0.6) is 5.88 Å². The third-order valence-electron chi connectivity index (χ3n) is 2.50. The van der Waals surface area contributed by atoms with E-state index in [4.69, 9.17) is 4.74 Å². The molecule has 0 spiro atoms. The molecule has 0 radical (unpaired) electrons. The number of aromatic nitrogens is 2. The first-order chi connectivity index (χ1) is 7.66. The van der Waals surface area contributed by atoms with Crippen LogP contribution in [0.1, 0.15) is 31.9 Å². The standard InChI is InChI=1S/C11H17N3OS/c1-8(2)15-11-10(12-16-13-11)9-5-4-6-14(3)7-9/h4,6,8-9H,5,7H2,1-3H3. The Morgan fingerprint density at radius 3 is 3.00 bits per heavy atom. The normalized spacial score (nSPS) is 20.5. The summed E-state index contributed by atoms with van der Waals surface area (Å²) in [4.78, 5) is 2.17. The van der Waals surface area contributed by atoms with Gasteiger partial charge in [0.1, 0.15) is 5.69 Å². The van der Waals surface area contributed by atoms with Gasteiger partial charge in [0.05, 0.1) is 17.8 Å². The monoisotopic (exact) mass is 239 g/mol. The summed E-state index contributed by atoms with van der Waals surface area (Å²) < 4.78 is 14.3. The van der Waals surface area contributed by atoms with Gasteiger partial charge in [0.15, 0.2) is 0 Å². The Kier molecular flexibility index (Phi) is 3.43. The molecule has 88 valence electrons. The molecule has 5 heteroatoms. The van der Waals surface area contributed by atoms with Crippen molar-refractivity contribution in [1.82, 2.24) is 13.6 Å². The molecule has 1 aromatic heterocycles. The lowest BCUT2D eigenvalue weighted by molar-refractivity contribution is 0.228. The lowest BCUT2D eigenvalue weighted by atomic mass is 9.99. The van der Waals surface area contributed by atoms with Gasteiger partial charge in [-0.2, -0.15) is 4.37 Å². The molecule has 1 aromatic rings. The van der Waals surface area contributed by atoms with Crippen LogP contribution < -0.4 is 4.74 Å². The van der Waals surface area contributed by atoms with E-state index in [9.17, 15) is 0 Å². The molecule has 16 heavy (non-hydrogen) atoms. The number of ether oxygens (including phenoxy) is 1. The van der Waals surface area contributed by atoms with Gasteiger partial charge in [-0.05, 0) is 26.5 Å². The van der Waals surface area contributed by atoms with Crippen molar-refractivity contribution in [2.24, 2.45) is 0 Å². The van der Waals surface area contributed by atoms with Crippen molar-refractivity contribution < 1.29 is 4.74 Å². The van der Waals surface area contributed by atoms with Crippen LogP contribution in [0.4, 0.5) is 0 Å². The van der Waals surface area contributed by atoms with Gasteiger partial charge >= 0.3 is 0 Å². The van der Waals surface area contributed by atoms with Crippen molar-refractivity contribution in [1.29, 1.82) is 0 Å². The molecular formula is C11H17N3OS. The Morgan fingerprint density at radius 1 is 1.50 bits per heavy atom. The van der Waals surface area contributed by atoms with Crippen LogP contribution in [0.25, 0.3) is 0 Å². The van der Waals surface area contributed by atoms with E-state index in [0.717, 1.165) is 18.7 Å². The number of allylic oxidation sites excluding steroid dienone is 1. The van der Waals surface area contributed by atoms with Crippen LogP contribution in [0.2, 0.25) is 0 Å². The fourth-order valence-electron chi connectivity index (χ4n) is 1.83. The molecule has 1 unspecified atom stereocenters. The zero-order valence-electron chi connectivity index (χ0n) is 9.88. The Labute approximate surface area is 100 Å². The molecule has 0 bridgehead atoms. The molecule has 0 aromatic carbocycles. The van der Waals surface area contributed by atoms with Crippen LogP contribution in [-0.4, -0.2) is 33.3 Å². The second kappa shape index (κ2) is 4.82. The summed E-state index contributed by atoms with van der Waals surface area (Å²) in [7, 11) is 2.07. The van der Waals surface area contributed by atoms with Crippen LogP contribution in [0.15, 0.2) is 12.3 Å². The second-order valence-electron chi connectivity index (χ2n) is 4.38. The highest BCUT2D eigenvalue weighted by molar-refractivity contribution is 6.99. The van der Waals surface area contributed by atoms with E-state index < -0.39 is 0 Å². The summed E-state index contributed by atoms with van der Waals surface area (Å²) in [5.41, 5.74) is 1.01. The van der Waals surface area contributed by atoms with E-state index >= 15 is 0 Å². The second-order valence-corrected chi connectivity index (χ2v) is 4.91. The minimum Gasteiger partial charge on any atom is -0.473 e. The number of likely N-dealkylation sites (N-methyl/N-ethyl adjacent to an activating group) is 1. The Bertz CT molecular complexity index is 375. The average molecular weight is 239 g/mol. The summed E-state index contributed by atoms with van der Waals surface area (Å²) in [6, 6.07) is 0. The molecule has 1 aliphatic rings. The lowest BCUT2D eigenvalue weighted by Gasteiger charge is -2.25. The van der Waals surface area contributed by atoms with Gasteiger partial charge in [-0.3, -0.25) is 0 Å². The first kappa shape index (κ1) is 11.4. The Balaban J connectivity index is 2.14. The predicted octanol–water partition coefficient (Wildman–Crippen LogP) is 2.26. The molecule has 0 N–H and O–H groups in total. The van der Waals surface area contributed by atoms with Crippen molar-refractivity contribution >= 4 is 11.7 Å². The van der Waals surface area contributed by atoms with Gasteiger partial charge < -0.3 is 9.64 Å². The number of hydrogen-bond donors (Lipinski definition) is 0. The number of nitrogens with zero attached hydrogens (tertiary/aromatic N) is 3. The Hall–Kier alpha value is -1.10. The van der Waals surface area contributed by atoms with Gasteiger partial charge in [-0.15, -0.1) is 4.37 Å². The molecule has 2 rings (SSSR count). The fourth-order valence-corrected chi connectivity index (χ4v) is 2.39. The molecular weight excluding hydrogens is 222 g/mol. The highest BCUT2D eigenvalue weighted by atomic mass is 32.1. The maximum Gasteiger partial charge on any atom is 0.249 e. The van der Waals surface area contributed by atoms with Crippen LogP contribution >= 0.6 is 11.7 Å². The minimum absolute atomic E-state index is 0.152. The van der Waals surface area contributed by atoms with Crippen LogP contribution in [0.3, 0.4) is 0 Å². The maximum absolute atomic E-state index is 5.67. The molecule has 1 aliphatic heterocycles. The molecule has 0 amide bonds. The Morgan fingerprint density at radius 2 is 2.31 bits per heavy atom. The molecule has 0 saturated heterocycles. The summed E-state index contributed by atoms with van der Waals surface area (Å²) in [6.07, 6.45) is 5.45. The molecule has 2 heterocycles. The summed E-state index contributed by atoms with van der Waals surface area (Å²) in [6.45, 7) is 5.00. The summed E-state index contributed by atoms with van der Waals surface area (Å²) in [5.74, 6) is 1.12. The van der Waals surface area contributed by atoms with Gasteiger partial charge in [-0.1, -0.05) is 6.08 Å². The zero-order chi connectivity index (χ0) is 11.5. The molecule has 1 atom stereocenters. The first-order valence-electron chi connectivity index (χ1n) is 5.53. The van der Waals surface area contributed by atoms with Gasteiger partial charge in [0.2, 0.25) is 5.88 Å². The predicted molar refractivity (Wildman–Crippen MR) is 64.8 cm³/mol. The van der Waals surface area contributed by atoms with Crippen molar-refractivity contribution in [3.05, 3.63) is 18.0 Å². The number of hydrogen-bond acceptors (Lipinski definition) is 5. The van der Waals surface area contributed by atoms with E-state index in [-0.39, 0.29) is 6.10 Å². The van der Waals surface area contributed by atoms with Gasteiger partial charge in [0, 0.05) is 19.5 Å². The zero-order valence-corrected chi connectivity index (χ0v) is 10.7. The third-order valence-corrected chi connectivity index (χ3v) is 3.03. The van der Waals surface area contributed by atoms with Crippen LogP contribution in [-0.2, 0) is 0 Å². The summed E-state index contributed by atoms with van der Waals surface area (Å²) in [5, 5.41) is 0. The fraction of sp³-hybridized carbons (Fsp3) is 0.636. The quantitative estimate of drug-likeness (QED) is 0.811. The van der Waals surface area contributed by atoms with E-state index in [1.165, 1.54) is 11.7 Å². The highest BCUT2D eigenvalue weighted by Gasteiger charge is 2.23. The van der Waals surface area contributed by atoms with Crippen LogP contribution in [0, 0.1) is 0 Å². The van der Waals surface area contributed by atoms with Crippen molar-refractivity contribution in [3.8, 4) is 5.88 Å². The van der Waals surface area contributed by atoms with E-state index in [1.807, 2.05) is 13.8 Å². The molecule has 0 saturated carbocycles. The SMILES string of the molecule is CC(C)Oc1nsnc1C1CC=CN(C)C1. The van der Waals surface area contributed by atoms with E-state index in [2.05, 4.69) is 33.0 Å². The van der Waals surface area contributed by atoms with Gasteiger partial charge in [-0.25, -0.2) is 0 Å². The molecule has 0 aliphatic carbocycles. The average Bonchev–Trinajstić information content (AvgIpc) is 2.65. The van der Waals surface area contributed by atoms with Crippen molar-refractivity contribution in [3.63, 3.8) is 0 Å².